The Morgan fingerprint density at radius 1 is 1.33 bits per heavy atom. The van der Waals surface area contributed by atoms with E-state index in [1.807, 2.05) is 0 Å². The van der Waals surface area contributed by atoms with Crippen LogP contribution in [0.25, 0.3) is 0 Å². The molecule has 0 heterocycles. The van der Waals surface area contributed by atoms with Gasteiger partial charge in [-0.25, -0.2) is 8.42 Å². The predicted octanol–water partition coefficient (Wildman–Crippen LogP) is 0.769. The van der Waals surface area contributed by atoms with Crippen LogP contribution in [0.15, 0.2) is 24.3 Å². The fourth-order valence-corrected chi connectivity index (χ4v) is 1.89. The molecule has 100 valence electrons. The molecule has 1 amide bonds. The number of benzene rings is 1. The number of aliphatic hydroxyl groups excluding tert-OH is 1. The molecule has 6 nitrogen and oxygen atoms in total. The molecule has 0 aliphatic heterocycles. The highest BCUT2D eigenvalue weighted by Crippen LogP contribution is 2.16. The van der Waals surface area contributed by atoms with E-state index in [9.17, 15) is 13.2 Å². The van der Waals surface area contributed by atoms with Gasteiger partial charge in [0.2, 0.25) is 15.9 Å². The summed E-state index contributed by atoms with van der Waals surface area (Å²) in [4.78, 5) is 11.4. The molecule has 0 unspecified atom stereocenters. The van der Waals surface area contributed by atoms with Gasteiger partial charge in [-0.05, 0) is 24.6 Å². The highest BCUT2D eigenvalue weighted by atomic mass is 32.2. The monoisotopic (exact) mass is 272 g/mol. The molecule has 3 N–H and O–H groups in total. The molecule has 18 heavy (non-hydrogen) atoms. The lowest BCUT2D eigenvalue weighted by atomic mass is 10.2. The van der Waals surface area contributed by atoms with Crippen LogP contribution in [-0.2, 0) is 14.8 Å². The second kappa shape index (κ2) is 6.36. The van der Waals surface area contributed by atoms with Crippen molar-refractivity contribution >= 4 is 27.3 Å². The fourth-order valence-electron chi connectivity index (χ4n) is 1.34. The van der Waals surface area contributed by atoms with Crippen molar-refractivity contribution in [2.75, 3.05) is 22.9 Å². The number of carbonyl (C=O) groups excluding carboxylic acids is 1. The van der Waals surface area contributed by atoms with E-state index in [4.69, 9.17) is 5.11 Å². The summed E-state index contributed by atoms with van der Waals surface area (Å²) in [5.41, 5.74) is 0.893. The Labute approximate surface area is 106 Å². The molecule has 0 bridgehead atoms. The molecular weight excluding hydrogens is 256 g/mol. The van der Waals surface area contributed by atoms with Gasteiger partial charge in [0.05, 0.1) is 11.9 Å². The van der Waals surface area contributed by atoms with Crippen molar-refractivity contribution in [3.63, 3.8) is 0 Å². The predicted molar refractivity (Wildman–Crippen MR) is 69.9 cm³/mol. The molecule has 0 atom stereocenters. The Morgan fingerprint density at radius 2 is 2.00 bits per heavy atom. The number of anilines is 2. The third-order valence-electron chi connectivity index (χ3n) is 2.01. The topological polar surface area (TPSA) is 95.5 Å². The van der Waals surface area contributed by atoms with Crippen molar-refractivity contribution in [2.45, 2.75) is 12.8 Å². The molecule has 0 spiro atoms. The van der Waals surface area contributed by atoms with Gasteiger partial charge in [0.1, 0.15) is 0 Å². The van der Waals surface area contributed by atoms with E-state index in [1.165, 1.54) is 6.07 Å². The lowest BCUT2D eigenvalue weighted by molar-refractivity contribution is -0.116. The van der Waals surface area contributed by atoms with Crippen LogP contribution in [0.1, 0.15) is 12.8 Å². The zero-order valence-corrected chi connectivity index (χ0v) is 10.8. The minimum absolute atomic E-state index is 0.0386. The molecule has 0 aromatic heterocycles. The lowest BCUT2D eigenvalue weighted by Gasteiger charge is -2.08. The number of aliphatic hydroxyl groups is 1. The van der Waals surface area contributed by atoms with Crippen LogP contribution in [0.3, 0.4) is 0 Å². The average Bonchev–Trinajstić information content (AvgIpc) is 2.24. The van der Waals surface area contributed by atoms with E-state index in [1.54, 1.807) is 18.2 Å². The zero-order chi connectivity index (χ0) is 13.6. The SMILES string of the molecule is CS(=O)(=O)Nc1cccc(NC(=O)CCCO)c1. The Bertz CT molecular complexity index is 514. The molecule has 7 heteroatoms. The van der Waals surface area contributed by atoms with Gasteiger partial charge in [-0.3, -0.25) is 9.52 Å². The fraction of sp³-hybridized carbons (Fsp3) is 0.364. The normalized spacial score (nSPS) is 11.0. The number of hydrogen-bond donors (Lipinski definition) is 3. The summed E-state index contributed by atoms with van der Waals surface area (Å²) in [5, 5.41) is 11.2. The van der Waals surface area contributed by atoms with Crippen LogP contribution >= 0.6 is 0 Å². The number of amides is 1. The van der Waals surface area contributed by atoms with Crippen LogP contribution in [0.5, 0.6) is 0 Å². The largest absolute Gasteiger partial charge is 0.396 e. The maximum atomic E-state index is 11.4. The average molecular weight is 272 g/mol. The number of hydrogen-bond acceptors (Lipinski definition) is 4. The Balaban J connectivity index is 2.68. The highest BCUT2D eigenvalue weighted by Gasteiger charge is 2.05. The van der Waals surface area contributed by atoms with Gasteiger partial charge < -0.3 is 10.4 Å². The van der Waals surface area contributed by atoms with Crippen molar-refractivity contribution in [2.24, 2.45) is 0 Å². The smallest absolute Gasteiger partial charge is 0.229 e. The highest BCUT2D eigenvalue weighted by molar-refractivity contribution is 7.92. The third kappa shape index (κ3) is 5.65. The molecule has 0 aliphatic carbocycles. The molecule has 0 saturated carbocycles. The minimum Gasteiger partial charge on any atom is -0.396 e. The maximum Gasteiger partial charge on any atom is 0.229 e. The van der Waals surface area contributed by atoms with Crippen molar-refractivity contribution in [1.82, 2.24) is 0 Å². The second-order valence-electron chi connectivity index (χ2n) is 3.83. The van der Waals surface area contributed by atoms with E-state index in [-0.39, 0.29) is 18.9 Å². The Morgan fingerprint density at radius 3 is 2.61 bits per heavy atom. The van der Waals surface area contributed by atoms with E-state index >= 15 is 0 Å². The van der Waals surface area contributed by atoms with Gasteiger partial charge in [-0.2, -0.15) is 0 Å². The first kappa shape index (κ1) is 14.5. The summed E-state index contributed by atoms with van der Waals surface area (Å²) in [6.45, 7) is -0.0386. The maximum absolute atomic E-state index is 11.4. The van der Waals surface area contributed by atoms with Crippen molar-refractivity contribution in [3.05, 3.63) is 24.3 Å². The van der Waals surface area contributed by atoms with Crippen molar-refractivity contribution in [1.29, 1.82) is 0 Å². The van der Waals surface area contributed by atoms with Crippen LogP contribution in [0.4, 0.5) is 11.4 Å². The minimum atomic E-state index is -3.33. The van der Waals surface area contributed by atoms with Gasteiger partial charge in [0.25, 0.3) is 0 Å². The Hall–Kier alpha value is -1.60. The van der Waals surface area contributed by atoms with E-state index in [0.717, 1.165) is 6.26 Å². The van der Waals surface area contributed by atoms with Gasteiger partial charge in [0, 0.05) is 18.7 Å². The van der Waals surface area contributed by atoms with Crippen molar-refractivity contribution in [3.8, 4) is 0 Å². The quantitative estimate of drug-likeness (QED) is 0.712. The van der Waals surface area contributed by atoms with Gasteiger partial charge in [-0.15, -0.1) is 0 Å². The summed E-state index contributed by atoms with van der Waals surface area (Å²) in [7, 11) is -3.33. The third-order valence-corrected chi connectivity index (χ3v) is 2.62. The standard InChI is InChI=1S/C11H16N2O4S/c1-18(16,17)13-10-5-2-4-9(8-10)12-11(15)6-3-7-14/h2,4-5,8,13-14H,3,6-7H2,1H3,(H,12,15). The lowest BCUT2D eigenvalue weighted by Crippen LogP contribution is -2.13. The summed E-state index contributed by atoms with van der Waals surface area (Å²) >= 11 is 0. The second-order valence-corrected chi connectivity index (χ2v) is 5.58. The van der Waals surface area contributed by atoms with Crippen LogP contribution in [-0.4, -0.2) is 32.3 Å². The van der Waals surface area contributed by atoms with E-state index in [2.05, 4.69) is 10.0 Å². The number of carbonyl (C=O) groups is 1. The Kier molecular flexibility index (Phi) is 5.11. The summed E-state index contributed by atoms with van der Waals surface area (Å²) in [6.07, 6.45) is 1.67. The van der Waals surface area contributed by atoms with Gasteiger partial charge >= 0.3 is 0 Å². The van der Waals surface area contributed by atoms with Gasteiger partial charge in [-0.1, -0.05) is 6.07 Å². The van der Waals surface area contributed by atoms with Gasteiger partial charge in [0.15, 0.2) is 0 Å². The molecule has 1 aromatic carbocycles. The van der Waals surface area contributed by atoms with Crippen molar-refractivity contribution < 1.29 is 18.3 Å². The molecule has 0 saturated heterocycles. The van der Waals surface area contributed by atoms with E-state index in [0.29, 0.717) is 17.8 Å². The first-order chi connectivity index (χ1) is 8.40. The molecule has 0 aliphatic rings. The number of sulfonamides is 1. The zero-order valence-electron chi connectivity index (χ0n) is 10.0. The molecule has 0 radical (unpaired) electrons. The number of nitrogens with one attached hydrogen (secondary N) is 2. The molecule has 0 fully saturated rings. The van der Waals surface area contributed by atoms with Crippen LogP contribution < -0.4 is 10.0 Å². The van der Waals surface area contributed by atoms with Crippen LogP contribution in [0.2, 0.25) is 0 Å². The molecule has 1 rings (SSSR count). The summed E-state index contributed by atoms with van der Waals surface area (Å²) < 4.78 is 24.4. The van der Waals surface area contributed by atoms with E-state index < -0.39 is 10.0 Å². The summed E-state index contributed by atoms with van der Waals surface area (Å²) in [5.74, 6) is -0.222. The number of rotatable bonds is 6. The van der Waals surface area contributed by atoms with Crippen LogP contribution in [0, 0.1) is 0 Å². The molecule has 1 aromatic rings. The first-order valence-electron chi connectivity index (χ1n) is 5.39. The first-order valence-corrected chi connectivity index (χ1v) is 7.28. The molecular formula is C11H16N2O4S. The summed E-state index contributed by atoms with van der Waals surface area (Å²) in [6, 6.07) is 6.40.